The lowest BCUT2D eigenvalue weighted by Gasteiger charge is -2.32. The highest BCUT2D eigenvalue weighted by Crippen LogP contribution is 2.27. The van der Waals surface area contributed by atoms with Gasteiger partial charge >= 0.3 is 0 Å². The summed E-state index contributed by atoms with van der Waals surface area (Å²) in [6, 6.07) is 14.4. The van der Waals surface area contributed by atoms with E-state index in [1.165, 1.54) is 4.31 Å². The second-order valence-corrected chi connectivity index (χ2v) is 10.3. The van der Waals surface area contributed by atoms with E-state index in [4.69, 9.17) is 0 Å². The first-order chi connectivity index (χ1) is 14.0. The van der Waals surface area contributed by atoms with E-state index >= 15 is 0 Å². The first-order valence-electron chi connectivity index (χ1n) is 10.5. The van der Waals surface area contributed by atoms with Crippen LogP contribution in [-0.2, 0) is 14.8 Å². The molecular formula is C24H34N2O3S. The Morgan fingerprint density at radius 3 is 2.07 bits per heavy atom. The number of sulfonamides is 1. The average Bonchev–Trinajstić information content (AvgIpc) is 2.63. The maximum absolute atomic E-state index is 13.4. The summed E-state index contributed by atoms with van der Waals surface area (Å²) in [7, 11) is -3.66. The van der Waals surface area contributed by atoms with Gasteiger partial charge in [-0.25, -0.2) is 8.42 Å². The molecule has 0 heterocycles. The van der Waals surface area contributed by atoms with E-state index in [9.17, 15) is 13.2 Å². The van der Waals surface area contributed by atoms with Crippen LogP contribution in [0.3, 0.4) is 0 Å². The number of benzene rings is 2. The molecule has 5 nitrogen and oxygen atoms in total. The number of carbonyl (C=O) groups excluding carboxylic acids is 1. The summed E-state index contributed by atoms with van der Waals surface area (Å²) in [4.78, 5) is 13.4. The maximum Gasteiger partial charge on any atom is 0.244 e. The summed E-state index contributed by atoms with van der Waals surface area (Å²) >= 11 is 0. The molecule has 30 heavy (non-hydrogen) atoms. The van der Waals surface area contributed by atoms with E-state index in [-0.39, 0.29) is 11.9 Å². The van der Waals surface area contributed by atoms with E-state index in [1.54, 1.807) is 0 Å². The predicted molar refractivity (Wildman–Crippen MR) is 124 cm³/mol. The lowest BCUT2D eigenvalue weighted by molar-refractivity contribution is -0.123. The molecule has 2 unspecified atom stereocenters. The highest BCUT2D eigenvalue weighted by atomic mass is 32.2. The fraction of sp³-hybridized carbons (Fsp3) is 0.458. The molecule has 164 valence electrons. The second kappa shape index (κ2) is 10.1. The normalized spacial score (nSPS) is 13.7. The number of rotatable bonds is 9. The minimum Gasteiger partial charge on any atom is -0.347 e. The van der Waals surface area contributed by atoms with Crippen molar-refractivity contribution in [2.24, 2.45) is 5.92 Å². The second-order valence-electron chi connectivity index (χ2n) is 8.43. The molecule has 2 rings (SSSR count). The zero-order chi connectivity index (χ0) is 22.5. The predicted octanol–water partition coefficient (Wildman–Crippen LogP) is 4.75. The topological polar surface area (TPSA) is 66.5 Å². The van der Waals surface area contributed by atoms with Gasteiger partial charge in [0.25, 0.3) is 0 Å². The number of aryl methyl sites for hydroxylation is 2. The van der Waals surface area contributed by atoms with Crippen LogP contribution in [0.2, 0.25) is 0 Å². The number of anilines is 1. The molecule has 0 radical (unpaired) electrons. The number of nitrogens with zero attached hydrogens (tertiary/aromatic N) is 1. The molecule has 0 fully saturated rings. The minimum atomic E-state index is -3.66. The van der Waals surface area contributed by atoms with Crippen LogP contribution in [0.1, 0.15) is 56.3 Å². The van der Waals surface area contributed by atoms with E-state index in [2.05, 4.69) is 19.2 Å². The number of amides is 1. The largest absolute Gasteiger partial charge is 0.347 e. The molecule has 0 aliphatic carbocycles. The van der Waals surface area contributed by atoms with Gasteiger partial charge in [0, 0.05) is 0 Å². The van der Waals surface area contributed by atoms with E-state index < -0.39 is 16.1 Å². The third-order valence-electron chi connectivity index (χ3n) is 5.02. The Bertz CT molecular complexity index is 935. The van der Waals surface area contributed by atoms with Gasteiger partial charge < -0.3 is 5.32 Å². The Morgan fingerprint density at radius 2 is 1.60 bits per heavy atom. The Kier molecular flexibility index (Phi) is 8.07. The quantitative estimate of drug-likeness (QED) is 0.624. The van der Waals surface area contributed by atoms with Crippen molar-refractivity contribution in [1.82, 2.24) is 5.32 Å². The van der Waals surface area contributed by atoms with Crippen LogP contribution in [-0.4, -0.2) is 26.6 Å². The van der Waals surface area contributed by atoms with E-state index in [1.807, 2.05) is 69.3 Å². The van der Waals surface area contributed by atoms with Crippen molar-refractivity contribution >= 4 is 21.6 Å². The summed E-state index contributed by atoms with van der Waals surface area (Å²) in [5, 5.41) is 3.12. The van der Waals surface area contributed by atoms with Crippen molar-refractivity contribution in [1.29, 1.82) is 0 Å². The average molecular weight is 431 g/mol. The monoisotopic (exact) mass is 430 g/mol. The molecule has 0 aliphatic heterocycles. The standard InChI is InChI=1S/C24H34N2O3S/c1-7-23(26(30(6,28)29)21-15-18(4)14-19(5)16-21)24(27)25-22(13-17(2)3)20-11-9-8-10-12-20/h8-12,14-17,22-23H,7,13H2,1-6H3,(H,25,27). The Labute approximate surface area is 181 Å². The molecule has 2 atom stereocenters. The lowest BCUT2D eigenvalue weighted by atomic mass is 9.96. The highest BCUT2D eigenvalue weighted by Gasteiger charge is 2.33. The van der Waals surface area contributed by atoms with Gasteiger partial charge in [-0.3, -0.25) is 9.10 Å². The van der Waals surface area contributed by atoms with E-state index in [0.29, 0.717) is 18.0 Å². The molecule has 2 aromatic rings. The van der Waals surface area contributed by atoms with Crippen molar-refractivity contribution in [3.05, 3.63) is 65.2 Å². The van der Waals surface area contributed by atoms with Gasteiger partial charge in [0.05, 0.1) is 18.0 Å². The fourth-order valence-electron chi connectivity index (χ4n) is 3.84. The zero-order valence-corrected chi connectivity index (χ0v) is 19.7. The van der Waals surface area contributed by atoms with Gasteiger partial charge in [0.15, 0.2) is 0 Å². The number of nitrogens with one attached hydrogen (secondary N) is 1. The lowest BCUT2D eigenvalue weighted by Crippen LogP contribution is -2.50. The van der Waals surface area contributed by atoms with Crippen molar-refractivity contribution in [3.8, 4) is 0 Å². The van der Waals surface area contributed by atoms with Gasteiger partial charge in [-0.2, -0.15) is 0 Å². The molecule has 1 amide bonds. The summed E-state index contributed by atoms with van der Waals surface area (Å²) in [6.07, 6.45) is 2.30. The molecule has 0 spiro atoms. The molecule has 0 aliphatic rings. The molecule has 0 bridgehead atoms. The molecule has 0 saturated carbocycles. The molecule has 2 aromatic carbocycles. The van der Waals surface area contributed by atoms with Crippen molar-refractivity contribution in [2.75, 3.05) is 10.6 Å². The smallest absolute Gasteiger partial charge is 0.244 e. The molecule has 0 aromatic heterocycles. The third-order valence-corrected chi connectivity index (χ3v) is 6.20. The SMILES string of the molecule is CCC(C(=O)NC(CC(C)C)c1ccccc1)N(c1cc(C)cc(C)c1)S(C)(=O)=O. The highest BCUT2D eigenvalue weighted by molar-refractivity contribution is 7.92. The summed E-state index contributed by atoms with van der Waals surface area (Å²) in [5.41, 5.74) is 3.45. The number of hydrogen-bond acceptors (Lipinski definition) is 3. The first kappa shape index (κ1) is 23.9. The first-order valence-corrected chi connectivity index (χ1v) is 12.3. The fourth-order valence-corrected chi connectivity index (χ4v) is 5.04. The van der Waals surface area contributed by atoms with Crippen molar-refractivity contribution in [3.63, 3.8) is 0 Å². The zero-order valence-electron chi connectivity index (χ0n) is 18.8. The summed E-state index contributed by atoms with van der Waals surface area (Å²) in [6.45, 7) is 9.90. The van der Waals surface area contributed by atoms with Crippen LogP contribution >= 0.6 is 0 Å². The maximum atomic E-state index is 13.4. The molecule has 1 N–H and O–H groups in total. The number of carbonyl (C=O) groups is 1. The third kappa shape index (κ3) is 6.33. The van der Waals surface area contributed by atoms with Crippen molar-refractivity contribution in [2.45, 2.75) is 59.5 Å². The van der Waals surface area contributed by atoms with Crippen LogP contribution in [0.4, 0.5) is 5.69 Å². The van der Waals surface area contributed by atoms with Gasteiger partial charge in [0.2, 0.25) is 15.9 Å². The van der Waals surface area contributed by atoms with Crippen LogP contribution < -0.4 is 9.62 Å². The van der Waals surface area contributed by atoms with Gasteiger partial charge in [-0.1, -0.05) is 57.2 Å². The van der Waals surface area contributed by atoms with Crippen LogP contribution in [0.15, 0.2) is 48.5 Å². The van der Waals surface area contributed by atoms with Crippen LogP contribution in [0, 0.1) is 19.8 Å². The molecule has 0 saturated heterocycles. The van der Waals surface area contributed by atoms with Gasteiger partial charge in [-0.05, 0) is 61.4 Å². The Morgan fingerprint density at radius 1 is 1.03 bits per heavy atom. The Balaban J connectivity index is 2.41. The minimum absolute atomic E-state index is 0.173. The van der Waals surface area contributed by atoms with Crippen LogP contribution in [0.5, 0.6) is 0 Å². The Hall–Kier alpha value is -2.34. The van der Waals surface area contributed by atoms with Crippen LogP contribution in [0.25, 0.3) is 0 Å². The van der Waals surface area contributed by atoms with E-state index in [0.717, 1.165) is 29.4 Å². The van der Waals surface area contributed by atoms with Gasteiger partial charge in [0.1, 0.15) is 6.04 Å². The number of hydrogen-bond donors (Lipinski definition) is 1. The summed E-state index contributed by atoms with van der Waals surface area (Å²) < 4.78 is 26.7. The summed E-state index contributed by atoms with van der Waals surface area (Å²) in [5.74, 6) is 0.0950. The van der Waals surface area contributed by atoms with Gasteiger partial charge in [-0.15, -0.1) is 0 Å². The molecule has 6 heteroatoms. The van der Waals surface area contributed by atoms with Crippen molar-refractivity contribution < 1.29 is 13.2 Å². The molecular weight excluding hydrogens is 396 g/mol.